The molecule has 1 aromatic carbocycles. The average molecular weight is 303 g/mol. The standard InChI is InChI=1S/C18H29N3O/c1-16(2)14-20(15-17-6-4-3-5-7-17)11-8-18(22)21-12-9-19-10-13-21/h3-7,16,19H,8-15H2,1-2H3. The van der Waals surface area contributed by atoms with Crippen LogP contribution in [0.4, 0.5) is 0 Å². The van der Waals surface area contributed by atoms with E-state index in [1.54, 1.807) is 0 Å². The van der Waals surface area contributed by atoms with Crippen molar-refractivity contribution in [1.29, 1.82) is 0 Å². The maximum Gasteiger partial charge on any atom is 0.223 e. The molecule has 0 spiro atoms. The van der Waals surface area contributed by atoms with Crippen LogP contribution in [0.2, 0.25) is 0 Å². The lowest BCUT2D eigenvalue weighted by Crippen LogP contribution is -2.47. The molecule has 0 unspecified atom stereocenters. The van der Waals surface area contributed by atoms with E-state index in [0.717, 1.165) is 45.8 Å². The Morgan fingerprint density at radius 2 is 1.91 bits per heavy atom. The molecule has 22 heavy (non-hydrogen) atoms. The van der Waals surface area contributed by atoms with Crippen LogP contribution in [-0.2, 0) is 11.3 Å². The van der Waals surface area contributed by atoms with Crippen molar-refractivity contribution in [2.45, 2.75) is 26.8 Å². The Morgan fingerprint density at radius 1 is 1.23 bits per heavy atom. The van der Waals surface area contributed by atoms with Crippen LogP contribution in [0, 0.1) is 5.92 Å². The molecule has 0 saturated carbocycles. The van der Waals surface area contributed by atoms with E-state index < -0.39 is 0 Å². The summed E-state index contributed by atoms with van der Waals surface area (Å²) in [6, 6.07) is 10.5. The van der Waals surface area contributed by atoms with Gasteiger partial charge in [-0.15, -0.1) is 0 Å². The first kappa shape index (κ1) is 17.0. The van der Waals surface area contributed by atoms with Crippen LogP contribution in [0.15, 0.2) is 30.3 Å². The number of amides is 1. The Bertz CT molecular complexity index is 441. The first-order valence-corrected chi connectivity index (χ1v) is 8.40. The molecule has 0 aliphatic carbocycles. The molecule has 4 heteroatoms. The summed E-state index contributed by atoms with van der Waals surface area (Å²) in [5, 5.41) is 3.29. The Balaban J connectivity index is 1.84. The summed E-state index contributed by atoms with van der Waals surface area (Å²) in [5.41, 5.74) is 1.32. The number of hydrogen-bond donors (Lipinski definition) is 1. The number of rotatable bonds is 7. The number of carbonyl (C=O) groups is 1. The summed E-state index contributed by atoms with van der Waals surface area (Å²) in [5.74, 6) is 0.904. The molecule has 1 saturated heterocycles. The van der Waals surface area contributed by atoms with Crippen molar-refractivity contribution in [1.82, 2.24) is 15.1 Å². The van der Waals surface area contributed by atoms with Crippen LogP contribution in [0.3, 0.4) is 0 Å². The predicted octanol–water partition coefficient (Wildman–Crippen LogP) is 1.97. The minimum Gasteiger partial charge on any atom is -0.340 e. The molecule has 0 atom stereocenters. The molecule has 1 aliphatic rings. The predicted molar refractivity (Wildman–Crippen MR) is 90.6 cm³/mol. The topological polar surface area (TPSA) is 35.6 Å². The lowest BCUT2D eigenvalue weighted by molar-refractivity contribution is -0.132. The summed E-state index contributed by atoms with van der Waals surface area (Å²) >= 11 is 0. The Morgan fingerprint density at radius 3 is 2.55 bits per heavy atom. The van der Waals surface area contributed by atoms with Gasteiger partial charge in [0, 0.05) is 52.2 Å². The van der Waals surface area contributed by atoms with E-state index in [0.29, 0.717) is 18.2 Å². The van der Waals surface area contributed by atoms with Gasteiger partial charge in [-0.2, -0.15) is 0 Å². The molecule has 0 aromatic heterocycles. The fourth-order valence-electron chi connectivity index (χ4n) is 2.92. The van der Waals surface area contributed by atoms with Crippen molar-refractivity contribution >= 4 is 5.91 Å². The number of hydrogen-bond acceptors (Lipinski definition) is 3. The second kappa shape index (κ2) is 8.91. The molecule has 1 heterocycles. The normalized spacial score (nSPS) is 15.5. The summed E-state index contributed by atoms with van der Waals surface area (Å²) < 4.78 is 0. The van der Waals surface area contributed by atoms with Crippen molar-refractivity contribution < 1.29 is 4.79 Å². The van der Waals surface area contributed by atoms with Gasteiger partial charge in [-0.05, 0) is 11.5 Å². The molecule has 1 aliphatic heterocycles. The molecule has 122 valence electrons. The molecule has 4 nitrogen and oxygen atoms in total. The summed E-state index contributed by atoms with van der Waals surface area (Å²) in [6.45, 7) is 10.8. The monoisotopic (exact) mass is 303 g/mol. The molecule has 0 radical (unpaired) electrons. The van der Waals surface area contributed by atoms with Crippen molar-refractivity contribution in [2.24, 2.45) is 5.92 Å². The smallest absolute Gasteiger partial charge is 0.223 e. The highest BCUT2D eigenvalue weighted by Crippen LogP contribution is 2.09. The number of nitrogens with zero attached hydrogens (tertiary/aromatic N) is 2. The minimum absolute atomic E-state index is 0.295. The maximum absolute atomic E-state index is 12.3. The van der Waals surface area contributed by atoms with Gasteiger partial charge < -0.3 is 10.2 Å². The van der Waals surface area contributed by atoms with Gasteiger partial charge in [0.05, 0.1) is 0 Å². The third-order valence-electron chi connectivity index (χ3n) is 3.98. The van der Waals surface area contributed by atoms with Crippen molar-refractivity contribution in [2.75, 3.05) is 39.3 Å². The number of piperazine rings is 1. The molecule has 1 N–H and O–H groups in total. The maximum atomic E-state index is 12.3. The van der Waals surface area contributed by atoms with Crippen LogP contribution in [0.5, 0.6) is 0 Å². The zero-order valence-corrected chi connectivity index (χ0v) is 13.9. The first-order chi connectivity index (χ1) is 10.6. The summed E-state index contributed by atoms with van der Waals surface area (Å²) in [7, 11) is 0. The summed E-state index contributed by atoms with van der Waals surface area (Å²) in [6.07, 6.45) is 0.625. The largest absolute Gasteiger partial charge is 0.340 e. The van der Waals surface area contributed by atoms with Gasteiger partial charge >= 0.3 is 0 Å². The van der Waals surface area contributed by atoms with Crippen molar-refractivity contribution in [3.63, 3.8) is 0 Å². The lowest BCUT2D eigenvalue weighted by atomic mass is 10.1. The molecule has 1 aromatic rings. The van der Waals surface area contributed by atoms with E-state index in [4.69, 9.17) is 0 Å². The highest BCUT2D eigenvalue weighted by Gasteiger charge is 2.17. The molecule has 1 amide bonds. The molecule has 1 fully saturated rings. The highest BCUT2D eigenvalue weighted by atomic mass is 16.2. The summed E-state index contributed by atoms with van der Waals surface area (Å²) in [4.78, 5) is 16.7. The van der Waals surface area contributed by atoms with E-state index in [-0.39, 0.29) is 0 Å². The zero-order chi connectivity index (χ0) is 15.8. The van der Waals surface area contributed by atoms with Crippen LogP contribution in [0.25, 0.3) is 0 Å². The average Bonchev–Trinajstić information content (AvgIpc) is 2.53. The molecular weight excluding hydrogens is 274 g/mol. The third-order valence-corrected chi connectivity index (χ3v) is 3.98. The number of carbonyl (C=O) groups excluding carboxylic acids is 1. The lowest BCUT2D eigenvalue weighted by Gasteiger charge is -2.29. The van der Waals surface area contributed by atoms with Crippen LogP contribution in [-0.4, -0.2) is 55.0 Å². The first-order valence-electron chi connectivity index (χ1n) is 8.40. The second-order valence-corrected chi connectivity index (χ2v) is 6.50. The fraction of sp³-hybridized carbons (Fsp3) is 0.611. The van der Waals surface area contributed by atoms with Crippen LogP contribution in [0.1, 0.15) is 25.8 Å². The van der Waals surface area contributed by atoms with Gasteiger partial charge in [0.15, 0.2) is 0 Å². The van der Waals surface area contributed by atoms with Gasteiger partial charge in [0.1, 0.15) is 0 Å². The van der Waals surface area contributed by atoms with Gasteiger partial charge in [0.2, 0.25) is 5.91 Å². The van der Waals surface area contributed by atoms with Gasteiger partial charge in [-0.1, -0.05) is 44.2 Å². The van der Waals surface area contributed by atoms with Gasteiger partial charge in [0.25, 0.3) is 0 Å². The van der Waals surface area contributed by atoms with E-state index >= 15 is 0 Å². The minimum atomic E-state index is 0.295. The Kier molecular flexibility index (Phi) is 6.87. The Hall–Kier alpha value is -1.39. The van der Waals surface area contributed by atoms with Gasteiger partial charge in [-0.25, -0.2) is 0 Å². The van der Waals surface area contributed by atoms with Crippen LogP contribution >= 0.6 is 0 Å². The third kappa shape index (κ3) is 5.78. The zero-order valence-electron chi connectivity index (χ0n) is 13.9. The van der Waals surface area contributed by atoms with E-state index in [1.807, 2.05) is 11.0 Å². The van der Waals surface area contributed by atoms with Crippen molar-refractivity contribution in [3.8, 4) is 0 Å². The quantitative estimate of drug-likeness (QED) is 0.836. The van der Waals surface area contributed by atoms with Gasteiger partial charge in [-0.3, -0.25) is 9.69 Å². The molecule has 0 bridgehead atoms. The SMILES string of the molecule is CC(C)CN(CCC(=O)N1CCNCC1)Cc1ccccc1. The Labute approximate surface area is 134 Å². The highest BCUT2D eigenvalue weighted by molar-refractivity contribution is 5.76. The molecular formula is C18H29N3O. The van der Waals surface area contributed by atoms with Crippen LogP contribution < -0.4 is 5.32 Å². The number of benzene rings is 1. The van der Waals surface area contributed by atoms with Crippen molar-refractivity contribution in [3.05, 3.63) is 35.9 Å². The van der Waals surface area contributed by atoms with E-state index in [9.17, 15) is 4.79 Å². The van der Waals surface area contributed by atoms with E-state index in [1.165, 1.54) is 5.56 Å². The second-order valence-electron chi connectivity index (χ2n) is 6.50. The number of nitrogens with one attached hydrogen (secondary N) is 1. The van der Waals surface area contributed by atoms with E-state index in [2.05, 4.69) is 48.3 Å². The fourth-order valence-corrected chi connectivity index (χ4v) is 2.92. The molecule has 2 rings (SSSR count).